The fourth-order valence-electron chi connectivity index (χ4n) is 2.62. The number of ether oxygens (including phenoxy) is 1. The van der Waals surface area contributed by atoms with Gasteiger partial charge in [0.2, 0.25) is 0 Å². The average molecular weight is 332 g/mol. The molecule has 1 amide bonds. The lowest BCUT2D eigenvalue weighted by molar-refractivity contribution is -0.139. The van der Waals surface area contributed by atoms with E-state index in [2.05, 4.69) is 9.88 Å². The summed E-state index contributed by atoms with van der Waals surface area (Å²) in [4.78, 5) is 23.4. The van der Waals surface area contributed by atoms with Crippen LogP contribution in [-0.4, -0.2) is 33.4 Å². The Kier molecular flexibility index (Phi) is 5.17. The first-order valence-electron chi connectivity index (χ1n) is 8.00. The Balaban J connectivity index is 2.22. The number of hydrogen-bond acceptors (Lipinski definition) is 3. The van der Waals surface area contributed by atoms with Crippen molar-refractivity contribution in [2.75, 3.05) is 0 Å². The second-order valence-corrected chi connectivity index (χ2v) is 6.70. The smallest absolute Gasteiger partial charge is 0.408 e. The van der Waals surface area contributed by atoms with Crippen molar-refractivity contribution in [3.63, 3.8) is 0 Å². The summed E-state index contributed by atoms with van der Waals surface area (Å²) in [5, 5.41) is 12.9. The van der Waals surface area contributed by atoms with Gasteiger partial charge in [0.15, 0.2) is 0 Å². The van der Waals surface area contributed by atoms with Crippen LogP contribution in [0.25, 0.3) is 10.9 Å². The van der Waals surface area contributed by atoms with Crippen molar-refractivity contribution in [3.05, 3.63) is 36.0 Å². The van der Waals surface area contributed by atoms with E-state index in [1.807, 2.05) is 37.4 Å². The topological polar surface area (TPSA) is 80.6 Å². The number of carboxylic acid groups (broad SMARTS) is 1. The molecular weight excluding hydrogens is 308 g/mol. The summed E-state index contributed by atoms with van der Waals surface area (Å²) >= 11 is 0. The molecule has 1 aromatic heterocycles. The predicted molar refractivity (Wildman–Crippen MR) is 92.1 cm³/mol. The van der Waals surface area contributed by atoms with Crippen LogP contribution in [0.2, 0.25) is 0 Å². The highest BCUT2D eigenvalue weighted by Gasteiger charge is 2.25. The number of rotatable bonds is 5. The Morgan fingerprint density at radius 1 is 1.29 bits per heavy atom. The van der Waals surface area contributed by atoms with Crippen molar-refractivity contribution in [3.8, 4) is 0 Å². The highest BCUT2D eigenvalue weighted by atomic mass is 16.6. The van der Waals surface area contributed by atoms with Crippen LogP contribution in [0.1, 0.15) is 33.3 Å². The third kappa shape index (κ3) is 4.28. The zero-order valence-corrected chi connectivity index (χ0v) is 14.5. The quantitative estimate of drug-likeness (QED) is 0.881. The fraction of sp³-hybridized carbons (Fsp3) is 0.444. The van der Waals surface area contributed by atoms with Crippen LogP contribution in [0, 0.1) is 0 Å². The summed E-state index contributed by atoms with van der Waals surface area (Å²) in [6, 6.07) is 6.79. The number of aromatic nitrogens is 1. The Labute approximate surface area is 141 Å². The lowest BCUT2D eigenvalue weighted by Gasteiger charge is -2.22. The van der Waals surface area contributed by atoms with E-state index in [0.717, 1.165) is 23.0 Å². The third-order valence-corrected chi connectivity index (χ3v) is 3.62. The number of benzene rings is 1. The van der Waals surface area contributed by atoms with Gasteiger partial charge in [0.25, 0.3) is 0 Å². The second-order valence-electron chi connectivity index (χ2n) is 6.70. The maximum absolute atomic E-state index is 11.9. The summed E-state index contributed by atoms with van der Waals surface area (Å²) < 4.78 is 7.22. The molecule has 0 fully saturated rings. The van der Waals surface area contributed by atoms with Crippen molar-refractivity contribution in [2.24, 2.45) is 0 Å². The van der Waals surface area contributed by atoms with Crippen LogP contribution in [0.3, 0.4) is 0 Å². The molecule has 0 aliphatic rings. The number of aliphatic carboxylic acids is 1. The van der Waals surface area contributed by atoms with Crippen LogP contribution < -0.4 is 5.32 Å². The first-order chi connectivity index (χ1) is 11.2. The summed E-state index contributed by atoms with van der Waals surface area (Å²) in [5.74, 6) is -1.09. The summed E-state index contributed by atoms with van der Waals surface area (Å²) in [6.07, 6.45) is 1.41. The molecule has 2 N–H and O–H groups in total. The lowest BCUT2D eigenvalue weighted by Crippen LogP contribution is -2.44. The third-order valence-electron chi connectivity index (χ3n) is 3.62. The van der Waals surface area contributed by atoms with Crippen molar-refractivity contribution >= 4 is 23.0 Å². The van der Waals surface area contributed by atoms with Gasteiger partial charge in [-0.25, -0.2) is 9.59 Å². The minimum absolute atomic E-state index is 0.197. The van der Waals surface area contributed by atoms with Crippen LogP contribution in [-0.2, 0) is 22.5 Å². The maximum atomic E-state index is 11.9. The molecule has 0 aliphatic carbocycles. The number of carboxylic acids is 1. The fourth-order valence-corrected chi connectivity index (χ4v) is 2.62. The minimum Gasteiger partial charge on any atom is -0.480 e. The highest BCUT2D eigenvalue weighted by Crippen LogP contribution is 2.22. The van der Waals surface area contributed by atoms with E-state index < -0.39 is 23.7 Å². The molecule has 0 radical (unpaired) electrons. The molecule has 1 atom stereocenters. The highest BCUT2D eigenvalue weighted by molar-refractivity contribution is 5.86. The molecule has 6 nitrogen and oxygen atoms in total. The normalized spacial score (nSPS) is 12.8. The molecule has 2 rings (SSSR count). The van der Waals surface area contributed by atoms with Crippen LogP contribution in [0.15, 0.2) is 30.5 Å². The maximum Gasteiger partial charge on any atom is 0.408 e. The predicted octanol–water partition coefficient (Wildman–Crippen LogP) is 3.18. The Bertz CT molecular complexity index is 743. The standard InChI is InChI=1S/C18H24N2O4/c1-5-20-11-12(13-8-6-7-9-15(13)20)10-14(16(21)22)19-17(23)24-18(2,3)4/h6-9,11,14H,5,10H2,1-4H3,(H,19,23)(H,21,22)/t14-/m1/s1. The molecule has 24 heavy (non-hydrogen) atoms. The SMILES string of the molecule is CCn1cc(C[C@@H](NC(=O)OC(C)(C)C)C(=O)O)c2ccccc21. The van der Waals surface area contributed by atoms with Gasteiger partial charge in [-0.15, -0.1) is 0 Å². The first kappa shape index (κ1) is 17.8. The van der Waals surface area contributed by atoms with Gasteiger partial charge in [0, 0.05) is 30.1 Å². The molecule has 2 aromatic rings. The Morgan fingerprint density at radius 2 is 1.96 bits per heavy atom. The van der Waals surface area contributed by atoms with E-state index in [1.165, 1.54) is 0 Å². The van der Waals surface area contributed by atoms with Gasteiger partial charge in [-0.1, -0.05) is 18.2 Å². The summed E-state index contributed by atoms with van der Waals surface area (Å²) in [7, 11) is 0. The Hall–Kier alpha value is -2.50. The van der Waals surface area contributed by atoms with Crippen molar-refractivity contribution in [1.29, 1.82) is 0 Å². The van der Waals surface area contributed by atoms with Gasteiger partial charge in [-0.05, 0) is 39.3 Å². The van der Waals surface area contributed by atoms with Gasteiger partial charge < -0.3 is 19.7 Å². The van der Waals surface area contributed by atoms with Crippen molar-refractivity contribution in [1.82, 2.24) is 9.88 Å². The van der Waals surface area contributed by atoms with E-state index in [-0.39, 0.29) is 6.42 Å². The number of alkyl carbamates (subject to hydrolysis) is 1. The van der Waals surface area contributed by atoms with Crippen LogP contribution in [0.5, 0.6) is 0 Å². The molecule has 0 bridgehead atoms. The molecular formula is C18H24N2O4. The zero-order chi connectivity index (χ0) is 17.9. The largest absolute Gasteiger partial charge is 0.480 e. The molecule has 0 unspecified atom stereocenters. The first-order valence-corrected chi connectivity index (χ1v) is 8.00. The molecule has 1 heterocycles. The van der Waals surface area contributed by atoms with E-state index in [0.29, 0.717) is 0 Å². The number of amides is 1. The molecule has 130 valence electrons. The Morgan fingerprint density at radius 3 is 2.54 bits per heavy atom. The summed E-state index contributed by atoms with van der Waals surface area (Å²) in [5.41, 5.74) is 1.26. The van der Waals surface area contributed by atoms with Gasteiger partial charge in [0.1, 0.15) is 11.6 Å². The van der Waals surface area contributed by atoms with E-state index in [1.54, 1.807) is 20.8 Å². The number of nitrogens with one attached hydrogen (secondary N) is 1. The van der Waals surface area contributed by atoms with E-state index in [9.17, 15) is 14.7 Å². The van der Waals surface area contributed by atoms with E-state index >= 15 is 0 Å². The molecule has 0 spiro atoms. The van der Waals surface area contributed by atoms with Crippen molar-refractivity contribution < 1.29 is 19.4 Å². The number of nitrogens with zero attached hydrogens (tertiary/aromatic N) is 1. The lowest BCUT2D eigenvalue weighted by atomic mass is 10.1. The number of carbonyl (C=O) groups excluding carboxylic acids is 1. The zero-order valence-electron chi connectivity index (χ0n) is 14.5. The molecule has 0 saturated carbocycles. The van der Waals surface area contributed by atoms with Crippen LogP contribution >= 0.6 is 0 Å². The monoisotopic (exact) mass is 332 g/mol. The minimum atomic E-state index is -1.09. The van der Waals surface area contributed by atoms with Gasteiger partial charge >= 0.3 is 12.1 Å². The molecule has 0 saturated heterocycles. The van der Waals surface area contributed by atoms with Gasteiger partial charge in [-0.2, -0.15) is 0 Å². The van der Waals surface area contributed by atoms with Crippen molar-refractivity contribution in [2.45, 2.75) is 52.3 Å². The number of aryl methyl sites for hydroxylation is 1. The molecule has 6 heteroatoms. The summed E-state index contributed by atoms with van der Waals surface area (Å²) in [6.45, 7) is 8.02. The number of para-hydroxylation sites is 1. The average Bonchev–Trinajstić information content (AvgIpc) is 2.83. The van der Waals surface area contributed by atoms with Crippen LogP contribution in [0.4, 0.5) is 4.79 Å². The molecule has 1 aromatic carbocycles. The number of carbonyl (C=O) groups is 2. The van der Waals surface area contributed by atoms with E-state index in [4.69, 9.17) is 4.74 Å². The number of hydrogen-bond donors (Lipinski definition) is 2. The second kappa shape index (κ2) is 6.95. The number of fused-ring (bicyclic) bond motifs is 1. The van der Waals surface area contributed by atoms with Gasteiger partial charge in [-0.3, -0.25) is 0 Å². The van der Waals surface area contributed by atoms with Gasteiger partial charge in [0.05, 0.1) is 0 Å². The molecule has 0 aliphatic heterocycles.